The van der Waals surface area contributed by atoms with E-state index >= 15 is 0 Å². The zero-order chi connectivity index (χ0) is 11.8. The Bertz CT molecular complexity index is 524. The van der Waals surface area contributed by atoms with E-state index in [0.717, 1.165) is 0 Å². The van der Waals surface area contributed by atoms with Crippen LogP contribution in [-0.2, 0) is 0 Å². The van der Waals surface area contributed by atoms with Crippen LogP contribution in [0.25, 0.3) is 11.3 Å². The van der Waals surface area contributed by atoms with Crippen LogP contribution in [0.1, 0.15) is 37.4 Å². The van der Waals surface area contributed by atoms with Gasteiger partial charge in [-0.25, -0.2) is 4.98 Å². The van der Waals surface area contributed by atoms with E-state index in [1.54, 1.807) is 0 Å². The molecule has 17 heavy (non-hydrogen) atoms. The lowest BCUT2D eigenvalue weighted by atomic mass is 10.00. The molecule has 0 amide bonds. The Labute approximate surface area is 101 Å². The molecule has 2 N–H and O–H groups in total. The maximum Gasteiger partial charge on any atom is 0.0953 e. The quantitative estimate of drug-likeness (QED) is 0.876. The topological polar surface area (TPSA) is 43.8 Å². The number of hydrogen-bond donors (Lipinski definition) is 1. The number of imidazole rings is 1. The van der Waals surface area contributed by atoms with Gasteiger partial charge in [-0.15, -0.1) is 0 Å². The van der Waals surface area contributed by atoms with Gasteiger partial charge in [0.05, 0.1) is 18.2 Å². The Morgan fingerprint density at radius 3 is 2.82 bits per heavy atom. The summed E-state index contributed by atoms with van der Waals surface area (Å²) in [5, 5.41) is 0. The third kappa shape index (κ3) is 1.87. The fraction of sp³-hybridized carbons (Fsp3) is 0.357. The van der Waals surface area contributed by atoms with E-state index in [1.165, 1.54) is 29.7 Å². The lowest BCUT2D eigenvalue weighted by Gasteiger charge is -2.14. The smallest absolute Gasteiger partial charge is 0.0953 e. The van der Waals surface area contributed by atoms with Gasteiger partial charge in [0.25, 0.3) is 0 Å². The van der Waals surface area contributed by atoms with Gasteiger partial charge in [-0.3, -0.25) is 0 Å². The maximum atomic E-state index is 6.03. The van der Waals surface area contributed by atoms with Crippen LogP contribution in [-0.4, -0.2) is 9.55 Å². The molecule has 0 aliphatic heterocycles. The highest BCUT2D eigenvalue weighted by molar-refractivity contribution is 5.64. The van der Waals surface area contributed by atoms with E-state index in [9.17, 15) is 0 Å². The average Bonchev–Trinajstić information content (AvgIpc) is 3.07. The number of aromatic nitrogens is 2. The van der Waals surface area contributed by atoms with Gasteiger partial charge in [-0.1, -0.05) is 24.3 Å². The zero-order valence-corrected chi connectivity index (χ0v) is 10.0. The standard InChI is InChI=1S/C14H17N3/c1-10(15)12-4-2-3-5-13(12)14-8-16-9-17(14)11-6-7-11/h2-5,8-11H,6-7,15H2,1H3. The minimum atomic E-state index is 0.0498. The van der Waals surface area contributed by atoms with Gasteiger partial charge in [0, 0.05) is 17.6 Å². The highest BCUT2D eigenvalue weighted by Crippen LogP contribution is 2.39. The van der Waals surface area contributed by atoms with E-state index in [1.807, 2.05) is 25.5 Å². The van der Waals surface area contributed by atoms with Gasteiger partial charge in [-0.05, 0) is 25.3 Å². The van der Waals surface area contributed by atoms with Gasteiger partial charge in [-0.2, -0.15) is 0 Å². The molecule has 0 bridgehead atoms. The molecule has 88 valence electrons. The molecule has 0 radical (unpaired) electrons. The molecule has 1 saturated carbocycles. The van der Waals surface area contributed by atoms with E-state index in [-0.39, 0.29) is 6.04 Å². The summed E-state index contributed by atoms with van der Waals surface area (Å²) >= 11 is 0. The van der Waals surface area contributed by atoms with Crippen molar-refractivity contribution in [3.05, 3.63) is 42.4 Å². The van der Waals surface area contributed by atoms with Crippen LogP contribution >= 0.6 is 0 Å². The van der Waals surface area contributed by atoms with Gasteiger partial charge < -0.3 is 10.3 Å². The molecule has 1 aliphatic carbocycles. The van der Waals surface area contributed by atoms with Crippen LogP contribution in [0.3, 0.4) is 0 Å². The van der Waals surface area contributed by atoms with Crippen LogP contribution in [0.15, 0.2) is 36.8 Å². The monoisotopic (exact) mass is 227 g/mol. The summed E-state index contributed by atoms with van der Waals surface area (Å²) in [7, 11) is 0. The molecule has 3 heteroatoms. The SMILES string of the molecule is CC(N)c1ccccc1-c1cncn1C1CC1. The molecule has 3 nitrogen and oxygen atoms in total. The number of rotatable bonds is 3. The van der Waals surface area contributed by atoms with Crippen molar-refractivity contribution in [1.29, 1.82) is 0 Å². The Hall–Kier alpha value is -1.61. The largest absolute Gasteiger partial charge is 0.327 e. The molecule has 0 saturated heterocycles. The van der Waals surface area contributed by atoms with Crippen molar-refractivity contribution in [2.45, 2.75) is 31.8 Å². The summed E-state index contributed by atoms with van der Waals surface area (Å²) in [6, 6.07) is 9.03. The summed E-state index contributed by atoms with van der Waals surface area (Å²) in [4.78, 5) is 4.28. The van der Waals surface area contributed by atoms with Crippen molar-refractivity contribution in [3.63, 3.8) is 0 Å². The fourth-order valence-corrected chi connectivity index (χ4v) is 2.28. The van der Waals surface area contributed by atoms with Crippen molar-refractivity contribution >= 4 is 0 Å². The molecule has 1 atom stereocenters. The van der Waals surface area contributed by atoms with Crippen molar-refractivity contribution in [2.24, 2.45) is 5.73 Å². The first-order valence-electron chi connectivity index (χ1n) is 6.14. The maximum absolute atomic E-state index is 6.03. The van der Waals surface area contributed by atoms with Gasteiger partial charge in [0.1, 0.15) is 0 Å². The molecular weight excluding hydrogens is 210 g/mol. The molecule has 2 aromatic rings. The van der Waals surface area contributed by atoms with E-state index in [4.69, 9.17) is 5.73 Å². The van der Waals surface area contributed by atoms with Crippen molar-refractivity contribution < 1.29 is 0 Å². The average molecular weight is 227 g/mol. The lowest BCUT2D eigenvalue weighted by Crippen LogP contribution is -2.07. The van der Waals surface area contributed by atoms with Crippen LogP contribution in [0.2, 0.25) is 0 Å². The Morgan fingerprint density at radius 1 is 1.35 bits per heavy atom. The number of nitrogens with two attached hydrogens (primary N) is 1. The third-order valence-corrected chi connectivity index (χ3v) is 3.33. The molecule has 3 rings (SSSR count). The molecule has 1 aromatic heterocycles. The molecule has 1 aliphatic rings. The van der Waals surface area contributed by atoms with Crippen LogP contribution in [0.5, 0.6) is 0 Å². The summed E-state index contributed by atoms with van der Waals surface area (Å²) < 4.78 is 2.28. The first kappa shape index (κ1) is 10.5. The van der Waals surface area contributed by atoms with E-state index in [2.05, 4.69) is 27.8 Å². The highest BCUT2D eigenvalue weighted by Gasteiger charge is 2.26. The highest BCUT2D eigenvalue weighted by atomic mass is 15.1. The predicted molar refractivity (Wildman–Crippen MR) is 68.5 cm³/mol. The normalized spacial score (nSPS) is 17.1. The third-order valence-electron chi connectivity index (χ3n) is 3.33. The van der Waals surface area contributed by atoms with Gasteiger partial charge in [0.15, 0.2) is 0 Å². The van der Waals surface area contributed by atoms with Crippen LogP contribution in [0, 0.1) is 0 Å². The van der Waals surface area contributed by atoms with Crippen molar-refractivity contribution in [2.75, 3.05) is 0 Å². The number of nitrogens with zero attached hydrogens (tertiary/aromatic N) is 2. The summed E-state index contributed by atoms with van der Waals surface area (Å²) in [5.41, 5.74) is 9.63. The summed E-state index contributed by atoms with van der Waals surface area (Å²) in [6.45, 7) is 2.02. The van der Waals surface area contributed by atoms with Gasteiger partial charge >= 0.3 is 0 Å². The molecule has 1 unspecified atom stereocenters. The Kier molecular flexibility index (Phi) is 2.48. The molecule has 1 aromatic carbocycles. The second-order valence-electron chi connectivity index (χ2n) is 4.79. The second kappa shape index (κ2) is 4.00. The first-order valence-corrected chi connectivity index (χ1v) is 6.14. The Morgan fingerprint density at radius 2 is 2.12 bits per heavy atom. The minimum Gasteiger partial charge on any atom is -0.327 e. The van der Waals surface area contributed by atoms with Crippen LogP contribution < -0.4 is 5.73 Å². The van der Waals surface area contributed by atoms with Gasteiger partial charge in [0.2, 0.25) is 0 Å². The fourth-order valence-electron chi connectivity index (χ4n) is 2.28. The van der Waals surface area contributed by atoms with Crippen molar-refractivity contribution in [3.8, 4) is 11.3 Å². The molecule has 1 fully saturated rings. The lowest BCUT2D eigenvalue weighted by molar-refractivity contribution is 0.744. The number of hydrogen-bond acceptors (Lipinski definition) is 2. The van der Waals surface area contributed by atoms with E-state index < -0.39 is 0 Å². The summed E-state index contributed by atoms with van der Waals surface area (Å²) in [5.74, 6) is 0. The Balaban J connectivity index is 2.11. The molecular formula is C14H17N3. The second-order valence-corrected chi connectivity index (χ2v) is 4.79. The molecule has 0 spiro atoms. The first-order chi connectivity index (χ1) is 8.27. The summed E-state index contributed by atoms with van der Waals surface area (Å²) in [6.07, 6.45) is 6.41. The van der Waals surface area contributed by atoms with Crippen molar-refractivity contribution in [1.82, 2.24) is 9.55 Å². The van der Waals surface area contributed by atoms with E-state index in [0.29, 0.717) is 6.04 Å². The number of benzene rings is 1. The minimum absolute atomic E-state index is 0.0498. The van der Waals surface area contributed by atoms with Crippen LogP contribution in [0.4, 0.5) is 0 Å². The predicted octanol–water partition coefficient (Wildman–Crippen LogP) is 2.90. The zero-order valence-electron chi connectivity index (χ0n) is 10.0. The molecule has 1 heterocycles.